The summed E-state index contributed by atoms with van der Waals surface area (Å²) in [5.41, 5.74) is 6.15. The molecular weight excluding hydrogens is 286 g/mol. The second kappa shape index (κ2) is 8.59. The van der Waals surface area contributed by atoms with Crippen LogP contribution in [0.25, 0.3) is 0 Å². The summed E-state index contributed by atoms with van der Waals surface area (Å²) in [6.07, 6.45) is 0.526. The number of carbonyl (C=O) groups is 1. The molecule has 0 unspecified atom stereocenters. The summed E-state index contributed by atoms with van der Waals surface area (Å²) in [6, 6.07) is 7.15. The van der Waals surface area contributed by atoms with Crippen LogP contribution in [0.1, 0.15) is 16.8 Å². The molecule has 0 saturated heterocycles. The number of hydrogen-bond donors (Lipinski definition) is 1. The zero-order chi connectivity index (χ0) is 15.8. The fourth-order valence-electron chi connectivity index (χ4n) is 1.82. The number of nitrogens with zero attached hydrogens (tertiary/aromatic N) is 2. The average molecular weight is 309 g/mol. The highest BCUT2D eigenvalue weighted by molar-refractivity contribution is 7.80. The van der Waals surface area contributed by atoms with E-state index in [4.69, 9.17) is 22.7 Å². The molecule has 1 aromatic rings. The quantitative estimate of drug-likeness (QED) is 0.735. The van der Waals surface area contributed by atoms with Crippen molar-refractivity contribution in [3.05, 3.63) is 29.8 Å². The fraction of sp³-hybridized carbons (Fsp3) is 0.467. The van der Waals surface area contributed by atoms with Gasteiger partial charge in [-0.2, -0.15) is 0 Å². The number of thiocarbonyl (C=S) groups is 1. The highest BCUT2D eigenvalue weighted by atomic mass is 32.1. The predicted octanol–water partition coefficient (Wildman–Crippen LogP) is 1.38. The van der Waals surface area contributed by atoms with E-state index >= 15 is 0 Å². The summed E-state index contributed by atoms with van der Waals surface area (Å²) >= 11 is 4.90. The number of carbonyl (C=O) groups excluding carboxylic acids is 1. The normalized spacial score (nSPS) is 10.5. The number of rotatable bonds is 8. The van der Waals surface area contributed by atoms with Crippen molar-refractivity contribution in [1.29, 1.82) is 0 Å². The van der Waals surface area contributed by atoms with Crippen LogP contribution in [0.15, 0.2) is 24.3 Å². The number of hydrogen-bond acceptors (Lipinski definition) is 4. The van der Waals surface area contributed by atoms with Crippen LogP contribution < -0.4 is 10.5 Å². The molecule has 0 atom stereocenters. The minimum Gasteiger partial charge on any atom is -0.497 e. The van der Waals surface area contributed by atoms with E-state index in [1.54, 1.807) is 24.1 Å². The number of likely N-dealkylation sites (N-methyl/N-ethyl adjacent to an activating group) is 1. The Hall–Kier alpha value is -1.66. The molecule has 6 heteroatoms. The molecule has 0 saturated carbocycles. The van der Waals surface area contributed by atoms with Gasteiger partial charge in [0.25, 0.3) is 5.91 Å². The van der Waals surface area contributed by atoms with E-state index in [1.165, 1.54) is 0 Å². The Balaban J connectivity index is 2.83. The molecule has 0 spiro atoms. The minimum atomic E-state index is -0.0352. The summed E-state index contributed by atoms with van der Waals surface area (Å²) in [5, 5.41) is 0. The van der Waals surface area contributed by atoms with Crippen molar-refractivity contribution in [3.8, 4) is 5.75 Å². The summed E-state index contributed by atoms with van der Waals surface area (Å²) in [6.45, 7) is 1.94. The second-order valence-electron chi connectivity index (χ2n) is 5.04. The lowest BCUT2D eigenvalue weighted by Crippen LogP contribution is -2.38. The van der Waals surface area contributed by atoms with Gasteiger partial charge in [-0.05, 0) is 32.3 Å². The van der Waals surface area contributed by atoms with Crippen LogP contribution in [0.2, 0.25) is 0 Å². The van der Waals surface area contributed by atoms with Gasteiger partial charge in [-0.3, -0.25) is 4.79 Å². The molecule has 5 nitrogen and oxygen atoms in total. The summed E-state index contributed by atoms with van der Waals surface area (Å²) < 4.78 is 5.16. The third kappa shape index (κ3) is 6.10. The van der Waals surface area contributed by atoms with Crippen molar-refractivity contribution in [1.82, 2.24) is 9.80 Å². The number of ether oxygens (including phenoxy) is 1. The van der Waals surface area contributed by atoms with E-state index in [2.05, 4.69) is 0 Å². The third-order valence-electron chi connectivity index (χ3n) is 3.05. The molecule has 0 aliphatic rings. The number of amides is 1. The molecule has 1 rings (SSSR count). The average Bonchev–Trinajstić information content (AvgIpc) is 2.46. The Morgan fingerprint density at radius 1 is 1.29 bits per heavy atom. The lowest BCUT2D eigenvalue weighted by molar-refractivity contribution is 0.0749. The van der Waals surface area contributed by atoms with Crippen LogP contribution >= 0.6 is 12.2 Å². The zero-order valence-electron chi connectivity index (χ0n) is 12.8. The van der Waals surface area contributed by atoms with Crippen LogP contribution in [-0.2, 0) is 0 Å². The van der Waals surface area contributed by atoms with E-state index in [9.17, 15) is 4.79 Å². The Morgan fingerprint density at radius 2 is 2.00 bits per heavy atom. The molecule has 1 amide bonds. The zero-order valence-corrected chi connectivity index (χ0v) is 13.7. The summed E-state index contributed by atoms with van der Waals surface area (Å²) in [7, 11) is 5.53. The van der Waals surface area contributed by atoms with Crippen molar-refractivity contribution in [2.45, 2.75) is 6.42 Å². The molecule has 21 heavy (non-hydrogen) atoms. The molecule has 2 N–H and O–H groups in total. The standard InChI is InChI=1S/C15H23N3O2S/c1-17(2)9-10-18(8-7-14(16)21)15(19)12-5-4-6-13(11-12)20-3/h4-6,11H,7-10H2,1-3H3,(H2,16,21). The maximum Gasteiger partial charge on any atom is 0.254 e. The first-order valence-corrected chi connectivity index (χ1v) is 7.21. The van der Waals surface area contributed by atoms with Gasteiger partial charge in [0.05, 0.1) is 12.1 Å². The van der Waals surface area contributed by atoms with Crippen molar-refractivity contribution in [3.63, 3.8) is 0 Å². The molecule has 1 aromatic carbocycles. The van der Waals surface area contributed by atoms with Crippen LogP contribution in [0.3, 0.4) is 0 Å². The smallest absolute Gasteiger partial charge is 0.254 e. The molecule has 116 valence electrons. The van der Waals surface area contributed by atoms with E-state index in [0.29, 0.717) is 35.8 Å². The first-order chi connectivity index (χ1) is 9.93. The van der Waals surface area contributed by atoms with Gasteiger partial charge < -0.3 is 20.3 Å². The van der Waals surface area contributed by atoms with E-state index in [1.807, 2.05) is 31.1 Å². The Morgan fingerprint density at radius 3 is 2.57 bits per heavy atom. The van der Waals surface area contributed by atoms with E-state index < -0.39 is 0 Å². The first-order valence-electron chi connectivity index (χ1n) is 6.80. The van der Waals surface area contributed by atoms with Gasteiger partial charge in [0, 0.05) is 31.6 Å². The Bertz CT molecular complexity index is 492. The monoisotopic (exact) mass is 309 g/mol. The van der Waals surface area contributed by atoms with Gasteiger partial charge >= 0.3 is 0 Å². The van der Waals surface area contributed by atoms with Gasteiger partial charge in [-0.25, -0.2) is 0 Å². The summed E-state index contributed by atoms with van der Waals surface area (Å²) in [4.78, 5) is 16.8. The SMILES string of the molecule is COc1cccc(C(=O)N(CCC(N)=S)CCN(C)C)c1. The third-order valence-corrected chi connectivity index (χ3v) is 3.25. The van der Waals surface area contributed by atoms with Crippen LogP contribution in [0, 0.1) is 0 Å². The lowest BCUT2D eigenvalue weighted by Gasteiger charge is -2.24. The molecule has 0 radical (unpaired) electrons. The van der Waals surface area contributed by atoms with Gasteiger partial charge in [0.2, 0.25) is 0 Å². The number of benzene rings is 1. The Kier molecular flexibility index (Phi) is 7.11. The molecular formula is C15H23N3O2S. The second-order valence-corrected chi connectivity index (χ2v) is 5.57. The van der Waals surface area contributed by atoms with E-state index in [-0.39, 0.29) is 5.91 Å². The molecule has 0 aliphatic heterocycles. The molecule has 0 bridgehead atoms. The van der Waals surface area contributed by atoms with Crippen molar-refractivity contribution in [2.75, 3.05) is 40.8 Å². The van der Waals surface area contributed by atoms with Crippen molar-refractivity contribution < 1.29 is 9.53 Å². The molecule has 0 heterocycles. The Labute approximate surface area is 131 Å². The largest absolute Gasteiger partial charge is 0.497 e. The lowest BCUT2D eigenvalue weighted by atomic mass is 10.2. The number of methoxy groups -OCH3 is 1. The molecule has 0 aromatic heterocycles. The van der Waals surface area contributed by atoms with Crippen molar-refractivity contribution >= 4 is 23.1 Å². The van der Waals surface area contributed by atoms with Crippen LogP contribution in [0.4, 0.5) is 0 Å². The van der Waals surface area contributed by atoms with Gasteiger partial charge in [0.15, 0.2) is 0 Å². The highest BCUT2D eigenvalue weighted by Crippen LogP contribution is 2.14. The fourth-order valence-corrected chi connectivity index (χ4v) is 1.91. The number of nitrogens with two attached hydrogens (primary N) is 1. The maximum atomic E-state index is 12.6. The minimum absolute atomic E-state index is 0.0352. The maximum absolute atomic E-state index is 12.6. The van der Waals surface area contributed by atoms with Gasteiger partial charge in [-0.15, -0.1) is 0 Å². The predicted molar refractivity (Wildman–Crippen MR) is 88.9 cm³/mol. The first kappa shape index (κ1) is 17.4. The highest BCUT2D eigenvalue weighted by Gasteiger charge is 2.16. The van der Waals surface area contributed by atoms with Crippen molar-refractivity contribution in [2.24, 2.45) is 5.73 Å². The topological polar surface area (TPSA) is 58.8 Å². The van der Waals surface area contributed by atoms with Crippen LogP contribution in [-0.4, -0.2) is 61.5 Å². The van der Waals surface area contributed by atoms with Gasteiger partial charge in [0.1, 0.15) is 5.75 Å². The summed E-state index contributed by atoms with van der Waals surface area (Å²) in [5.74, 6) is 0.634. The van der Waals surface area contributed by atoms with Gasteiger partial charge in [-0.1, -0.05) is 18.3 Å². The van der Waals surface area contributed by atoms with Crippen LogP contribution in [0.5, 0.6) is 5.75 Å². The molecule has 0 fully saturated rings. The van der Waals surface area contributed by atoms with E-state index in [0.717, 1.165) is 6.54 Å². The molecule has 0 aliphatic carbocycles.